The number of hydrogen-bond donors (Lipinski definition) is 2. The Morgan fingerprint density at radius 1 is 1.31 bits per heavy atom. The van der Waals surface area contributed by atoms with Gasteiger partial charge >= 0.3 is 5.97 Å². The van der Waals surface area contributed by atoms with Crippen molar-refractivity contribution in [2.45, 2.75) is 6.54 Å². The lowest BCUT2D eigenvalue weighted by Crippen LogP contribution is -2.20. The minimum atomic E-state index is -1.23. The van der Waals surface area contributed by atoms with E-state index in [1.54, 1.807) is 23.0 Å². The minimum absolute atomic E-state index is 0.0587. The van der Waals surface area contributed by atoms with Gasteiger partial charge < -0.3 is 10.4 Å². The van der Waals surface area contributed by atoms with Crippen LogP contribution in [0, 0.1) is 0 Å². The number of hydrogen-bond acceptors (Lipinski definition) is 4. The second-order valence-corrected chi connectivity index (χ2v) is 6.73. The van der Waals surface area contributed by atoms with Gasteiger partial charge in [0.25, 0.3) is 5.91 Å². The maximum Gasteiger partial charge on any atom is 0.339 e. The average molecular weight is 439 g/mol. The predicted octanol–water partition coefficient (Wildman–Crippen LogP) is 3.03. The maximum absolute atomic E-state index is 12.5. The molecule has 3 aromatic rings. The van der Waals surface area contributed by atoms with Crippen molar-refractivity contribution in [3.8, 4) is 0 Å². The number of carboxylic acids is 1. The summed E-state index contributed by atoms with van der Waals surface area (Å²) in [5, 5.41) is 20.5. The summed E-state index contributed by atoms with van der Waals surface area (Å²) in [5.74, 6) is -1.56. The normalized spacial score (nSPS) is 10.7. The fourth-order valence-corrected chi connectivity index (χ4v) is 2.91. The van der Waals surface area contributed by atoms with Gasteiger partial charge in [-0.3, -0.25) is 14.2 Å². The highest BCUT2D eigenvalue weighted by atomic mass is 79.9. The Morgan fingerprint density at radius 3 is 2.65 bits per heavy atom. The Balaban J connectivity index is 1.79. The van der Waals surface area contributed by atoms with E-state index in [1.165, 1.54) is 11.7 Å². The zero-order valence-electron chi connectivity index (χ0n) is 13.5. The quantitative estimate of drug-likeness (QED) is 0.637. The summed E-state index contributed by atoms with van der Waals surface area (Å²) >= 11 is 9.21. The average Bonchev–Trinajstić information content (AvgIpc) is 3.13. The van der Waals surface area contributed by atoms with Crippen molar-refractivity contribution in [1.82, 2.24) is 19.6 Å². The van der Waals surface area contributed by atoms with Gasteiger partial charge in [-0.2, -0.15) is 10.2 Å². The molecule has 2 N–H and O–H groups in total. The largest absolute Gasteiger partial charge is 0.478 e. The van der Waals surface area contributed by atoms with Gasteiger partial charge in [0, 0.05) is 18.3 Å². The van der Waals surface area contributed by atoms with Crippen LogP contribution in [0.5, 0.6) is 0 Å². The lowest BCUT2D eigenvalue weighted by Gasteiger charge is -2.05. The first-order valence-electron chi connectivity index (χ1n) is 7.39. The number of carbonyl (C=O) groups excluding carboxylic acids is 1. The lowest BCUT2D eigenvalue weighted by atomic mass is 10.2. The number of rotatable bonds is 5. The molecule has 0 aliphatic carbocycles. The minimum Gasteiger partial charge on any atom is -0.478 e. The Kier molecular flexibility index (Phi) is 5.10. The SMILES string of the molecule is Cn1ncc(C(=O)O)c1C(=O)Nc1nn(Cc2ccc(Cl)cc2)cc1Br. The first-order valence-corrected chi connectivity index (χ1v) is 8.56. The second-order valence-electron chi connectivity index (χ2n) is 5.44. The van der Waals surface area contributed by atoms with Crippen LogP contribution in [-0.2, 0) is 13.6 Å². The van der Waals surface area contributed by atoms with E-state index in [0.717, 1.165) is 11.8 Å². The van der Waals surface area contributed by atoms with Crippen LogP contribution in [0.4, 0.5) is 5.82 Å². The number of anilines is 1. The number of amides is 1. The summed E-state index contributed by atoms with van der Waals surface area (Å²) in [5.41, 5.74) is 0.750. The van der Waals surface area contributed by atoms with Crippen LogP contribution >= 0.6 is 27.5 Å². The van der Waals surface area contributed by atoms with E-state index in [1.807, 2.05) is 12.1 Å². The van der Waals surface area contributed by atoms with Crippen molar-refractivity contribution in [3.63, 3.8) is 0 Å². The first kappa shape index (κ1) is 18.2. The van der Waals surface area contributed by atoms with Gasteiger partial charge in [-0.1, -0.05) is 23.7 Å². The number of aromatic carboxylic acids is 1. The molecule has 1 aromatic carbocycles. The number of nitrogens with zero attached hydrogens (tertiary/aromatic N) is 4. The molecule has 26 heavy (non-hydrogen) atoms. The number of halogens is 2. The molecule has 0 saturated heterocycles. The third kappa shape index (κ3) is 3.78. The molecule has 0 unspecified atom stereocenters. The molecule has 0 fully saturated rings. The van der Waals surface area contributed by atoms with E-state index >= 15 is 0 Å². The molecule has 2 aromatic heterocycles. The van der Waals surface area contributed by atoms with E-state index in [9.17, 15) is 9.59 Å². The number of aryl methyl sites for hydroxylation is 1. The molecule has 10 heteroatoms. The monoisotopic (exact) mass is 437 g/mol. The number of carbonyl (C=O) groups is 2. The molecule has 2 heterocycles. The molecule has 8 nitrogen and oxygen atoms in total. The number of benzene rings is 1. The molecule has 0 spiro atoms. The van der Waals surface area contributed by atoms with E-state index in [0.29, 0.717) is 16.0 Å². The third-order valence-corrected chi connectivity index (χ3v) is 4.42. The predicted molar refractivity (Wildman–Crippen MR) is 98.6 cm³/mol. The first-order chi connectivity index (χ1) is 12.3. The molecule has 0 aliphatic heterocycles. The van der Waals surface area contributed by atoms with Gasteiger partial charge in [0.15, 0.2) is 5.82 Å². The summed E-state index contributed by atoms with van der Waals surface area (Å²) in [6.45, 7) is 0.484. The molecular weight excluding hydrogens is 426 g/mol. The Hall–Kier alpha value is -2.65. The molecule has 0 atom stereocenters. The van der Waals surface area contributed by atoms with Crippen molar-refractivity contribution in [2.24, 2.45) is 7.05 Å². The van der Waals surface area contributed by atoms with Crippen LogP contribution in [-0.4, -0.2) is 36.5 Å². The van der Waals surface area contributed by atoms with Crippen LogP contribution in [0.15, 0.2) is 41.1 Å². The maximum atomic E-state index is 12.5. The molecular formula is C16H13BrClN5O3. The number of aromatic nitrogens is 4. The number of nitrogens with one attached hydrogen (secondary N) is 1. The van der Waals surface area contributed by atoms with E-state index in [4.69, 9.17) is 16.7 Å². The van der Waals surface area contributed by atoms with Crippen LogP contribution < -0.4 is 5.32 Å². The molecule has 1 amide bonds. The topological polar surface area (TPSA) is 102 Å². The van der Waals surface area contributed by atoms with Crippen LogP contribution in [0.25, 0.3) is 0 Å². The highest BCUT2D eigenvalue weighted by Gasteiger charge is 2.23. The summed E-state index contributed by atoms with van der Waals surface area (Å²) < 4.78 is 3.42. The molecule has 0 radical (unpaired) electrons. The molecule has 134 valence electrons. The zero-order valence-corrected chi connectivity index (χ0v) is 15.8. The van der Waals surface area contributed by atoms with Gasteiger partial charge in [0.05, 0.1) is 17.2 Å². The summed E-state index contributed by atoms with van der Waals surface area (Å²) in [4.78, 5) is 23.7. The lowest BCUT2D eigenvalue weighted by molar-refractivity contribution is 0.0692. The highest BCUT2D eigenvalue weighted by Crippen LogP contribution is 2.22. The highest BCUT2D eigenvalue weighted by molar-refractivity contribution is 9.10. The van der Waals surface area contributed by atoms with Crippen molar-refractivity contribution in [1.29, 1.82) is 0 Å². The molecule has 0 saturated carbocycles. The van der Waals surface area contributed by atoms with Gasteiger partial charge in [-0.25, -0.2) is 4.79 Å². The zero-order chi connectivity index (χ0) is 18.8. The van der Waals surface area contributed by atoms with Gasteiger partial charge in [0.1, 0.15) is 11.3 Å². The van der Waals surface area contributed by atoms with Crippen molar-refractivity contribution < 1.29 is 14.7 Å². The Labute approximate surface area is 161 Å². The Morgan fingerprint density at radius 2 is 2.00 bits per heavy atom. The summed E-state index contributed by atoms with van der Waals surface area (Å²) in [6, 6.07) is 7.33. The van der Waals surface area contributed by atoms with Gasteiger partial charge in [-0.15, -0.1) is 0 Å². The summed E-state index contributed by atoms with van der Waals surface area (Å²) in [6.07, 6.45) is 2.84. The third-order valence-electron chi connectivity index (χ3n) is 3.59. The summed E-state index contributed by atoms with van der Waals surface area (Å²) in [7, 11) is 1.50. The fourth-order valence-electron chi connectivity index (χ4n) is 2.37. The fraction of sp³-hybridized carbons (Fsp3) is 0.125. The second kappa shape index (κ2) is 7.30. The van der Waals surface area contributed by atoms with Gasteiger partial charge in [0.2, 0.25) is 0 Å². The number of carboxylic acid groups (broad SMARTS) is 1. The molecule has 3 rings (SSSR count). The Bertz CT molecular complexity index is 980. The van der Waals surface area contributed by atoms with Crippen LogP contribution in [0.2, 0.25) is 5.02 Å². The van der Waals surface area contributed by atoms with Crippen LogP contribution in [0.3, 0.4) is 0 Å². The molecule has 0 bridgehead atoms. The van der Waals surface area contributed by atoms with E-state index in [-0.39, 0.29) is 17.1 Å². The van der Waals surface area contributed by atoms with Crippen molar-refractivity contribution in [2.75, 3.05) is 5.32 Å². The van der Waals surface area contributed by atoms with E-state index < -0.39 is 11.9 Å². The van der Waals surface area contributed by atoms with Crippen molar-refractivity contribution >= 4 is 45.2 Å². The van der Waals surface area contributed by atoms with E-state index in [2.05, 4.69) is 31.4 Å². The van der Waals surface area contributed by atoms with Crippen LogP contribution in [0.1, 0.15) is 26.4 Å². The standard InChI is InChI=1S/C16H13BrClN5O3/c1-22-13(11(6-19-22)16(25)26)15(24)20-14-12(17)8-23(21-14)7-9-2-4-10(18)5-3-9/h2-6,8H,7H2,1H3,(H,25,26)(H,20,21,24). The smallest absolute Gasteiger partial charge is 0.339 e. The van der Waals surface area contributed by atoms with Gasteiger partial charge in [-0.05, 0) is 33.6 Å². The molecule has 0 aliphatic rings. The van der Waals surface area contributed by atoms with Crippen molar-refractivity contribution in [3.05, 3.63) is 63.0 Å².